The van der Waals surface area contributed by atoms with Gasteiger partial charge in [-0.2, -0.15) is 0 Å². The molecule has 112 valence electrons. The molecule has 0 amide bonds. The summed E-state index contributed by atoms with van der Waals surface area (Å²) in [5.41, 5.74) is 7.30. The molecule has 1 atom stereocenters. The fourth-order valence-corrected chi connectivity index (χ4v) is 4.15. The van der Waals surface area contributed by atoms with Crippen molar-refractivity contribution >= 4 is 27.5 Å². The minimum Gasteiger partial charge on any atom is -0.329 e. The highest BCUT2D eigenvalue weighted by atomic mass is 79.9. The minimum atomic E-state index is 0.254. The first-order valence-corrected chi connectivity index (χ1v) is 8.67. The van der Waals surface area contributed by atoms with E-state index >= 15 is 0 Å². The van der Waals surface area contributed by atoms with Crippen molar-refractivity contribution in [3.05, 3.63) is 33.3 Å². The van der Waals surface area contributed by atoms with Crippen LogP contribution in [0.15, 0.2) is 22.7 Å². The third kappa shape index (κ3) is 3.97. The molecule has 2 N–H and O–H groups in total. The zero-order chi connectivity index (χ0) is 14.5. The Morgan fingerprint density at radius 3 is 2.50 bits per heavy atom. The van der Waals surface area contributed by atoms with Gasteiger partial charge in [0.25, 0.3) is 0 Å². The van der Waals surface area contributed by atoms with Crippen molar-refractivity contribution in [3.63, 3.8) is 0 Å². The quantitative estimate of drug-likeness (QED) is 0.786. The van der Waals surface area contributed by atoms with E-state index in [0.29, 0.717) is 12.6 Å². The Labute approximate surface area is 135 Å². The number of halogens is 2. The van der Waals surface area contributed by atoms with E-state index in [9.17, 15) is 0 Å². The highest BCUT2D eigenvalue weighted by Gasteiger charge is 2.25. The van der Waals surface area contributed by atoms with Gasteiger partial charge in [0, 0.05) is 28.1 Å². The molecule has 0 spiro atoms. The third-order valence-electron chi connectivity index (χ3n) is 4.44. The van der Waals surface area contributed by atoms with E-state index in [1.807, 2.05) is 12.1 Å². The molecule has 1 aliphatic rings. The first kappa shape index (κ1) is 16.3. The van der Waals surface area contributed by atoms with Crippen LogP contribution >= 0.6 is 27.5 Å². The number of hydrogen-bond acceptors (Lipinski definition) is 2. The van der Waals surface area contributed by atoms with E-state index in [0.717, 1.165) is 9.50 Å². The van der Waals surface area contributed by atoms with Crippen LogP contribution in [0.5, 0.6) is 0 Å². The van der Waals surface area contributed by atoms with Crippen LogP contribution in [0.2, 0.25) is 5.02 Å². The largest absolute Gasteiger partial charge is 0.329 e. The molecule has 0 aliphatic heterocycles. The Morgan fingerprint density at radius 2 is 1.95 bits per heavy atom. The molecular formula is C16H24BrClN2. The fraction of sp³-hybridized carbons (Fsp3) is 0.625. The third-order valence-corrected chi connectivity index (χ3v) is 5.36. The molecule has 0 saturated heterocycles. The number of nitrogens with two attached hydrogens (primary N) is 1. The predicted octanol–water partition coefficient (Wildman–Crippen LogP) is 4.76. The summed E-state index contributed by atoms with van der Waals surface area (Å²) in [5.74, 6) is 0. The van der Waals surface area contributed by atoms with Gasteiger partial charge >= 0.3 is 0 Å². The first-order valence-electron chi connectivity index (χ1n) is 7.50. The van der Waals surface area contributed by atoms with Gasteiger partial charge < -0.3 is 5.73 Å². The molecule has 1 aromatic carbocycles. The molecule has 2 nitrogen and oxygen atoms in total. The number of benzene rings is 1. The molecular weight excluding hydrogens is 336 g/mol. The van der Waals surface area contributed by atoms with Crippen LogP contribution in [0.3, 0.4) is 0 Å². The van der Waals surface area contributed by atoms with Crippen molar-refractivity contribution in [1.29, 1.82) is 0 Å². The molecule has 1 aliphatic carbocycles. The van der Waals surface area contributed by atoms with Crippen LogP contribution in [0, 0.1) is 0 Å². The number of likely N-dealkylation sites (N-methyl/N-ethyl adjacent to an activating group) is 1. The van der Waals surface area contributed by atoms with Crippen LogP contribution in [-0.4, -0.2) is 24.5 Å². The van der Waals surface area contributed by atoms with Crippen molar-refractivity contribution < 1.29 is 0 Å². The summed E-state index contributed by atoms with van der Waals surface area (Å²) in [6, 6.07) is 6.90. The maximum absolute atomic E-state index is 6.06. The van der Waals surface area contributed by atoms with E-state index in [2.05, 4.69) is 33.9 Å². The molecule has 0 heterocycles. The molecule has 0 aromatic heterocycles. The Bertz CT molecular complexity index is 430. The zero-order valence-electron chi connectivity index (χ0n) is 12.1. The van der Waals surface area contributed by atoms with E-state index < -0.39 is 0 Å². The molecule has 0 radical (unpaired) electrons. The Kier molecular flexibility index (Phi) is 6.34. The summed E-state index contributed by atoms with van der Waals surface area (Å²) < 4.78 is 1.06. The zero-order valence-corrected chi connectivity index (χ0v) is 14.5. The van der Waals surface area contributed by atoms with Gasteiger partial charge in [-0.3, -0.25) is 4.90 Å². The number of rotatable bonds is 4. The first-order chi connectivity index (χ1) is 9.63. The van der Waals surface area contributed by atoms with Crippen LogP contribution in [-0.2, 0) is 0 Å². The van der Waals surface area contributed by atoms with Crippen molar-refractivity contribution in [2.75, 3.05) is 13.6 Å². The Balaban J connectivity index is 2.17. The van der Waals surface area contributed by atoms with Gasteiger partial charge in [-0.05, 0) is 37.6 Å². The van der Waals surface area contributed by atoms with Crippen LogP contribution in [0.1, 0.15) is 50.1 Å². The Hall–Kier alpha value is -0.0900. The second-order valence-electron chi connectivity index (χ2n) is 5.73. The summed E-state index contributed by atoms with van der Waals surface area (Å²) >= 11 is 9.67. The van der Waals surface area contributed by atoms with Gasteiger partial charge in [-0.15, -0.1) is 0 Å². The van der Waals surface area contributed by atoms with Gasteiger partial charge in [0.15, 0.2) is 0 Å². The molecule has 1 aromatic rings. The van der Waals surface area contributed by atoms with E-state index in [1.54, 1.807) is 0 Å². The average Bonchev–Trinajstić information content (AvgIpc) is 2.70. The highest BCUT2D eigenvalue weighted by Crippen LogP contribution is 2.32. The van der Waals surface area contributed by atoms with Crippen molar-refractivity contribution in [3.8, 4) is 0 Å². The summed E-state index contributed by atoms with van der Waals surface area (Å²) in [4.78, 5) is 2.47. The van der Waals surface area contributed by atoms with Crippen molar-refractivity contribution in [2.45, 2.75) is 50.6 Å². The second-order valence-corrected chi connectivity index (χ2v) is 7.02. The molecule has 1 fully saturated rings. The topological polar surface area (TPSA) is 29.3 Å². The van der Waals surface area contributed by atoms with Crippen LogP contribution in [0.25, 0.3) is 0 Å². The number of nitrogens with zero attached hydrogens (tertiary/aromatic N) is 1. The van der Waals surface area contributed by atoms with Gasteiger partial charge in [-0.25, -0.2) is 0 Å². The lowest BCUT2D eigenvalue weighted by molar-refractivity contribution is 0.161. The van der Waals surface area contributed by atoms with Gasteiger partial charge in [0.1, 0.15) is 0 Å². The number of hydrogen-bond donors (Lipinski definition) is 1. The maximum atomic E-state index is 6.06. The molecule has 2 rings (SSSR count). The van der Waals surface area contributed by atoms with Gasteiger partial charge in [0.05, 0.1) is 0 Å². The molecule has 1 unspecified atom stereocenters. The lowest BCUT2D eigenvalue weighted by Gasteiger charge is -2.35. The fourth-order valence-electron chi connectivity index (χ4n) is 3.20. The summed E-state index contributed by atoms with van der Waals surface area (Å²) in [5, 5.41) is 0.758. The minimum absolute atomic E-state index is 0.254. The van der Waals surface area contributed by atoms with Crippen molar-refractivity contribution in [2.24, 2.45) is 5.73 Å². The monoisotopic (exact) mass is 358 g/mol. The maximum Gasteiger partial charge on any atom is 0.0481 e. The second kappa shape index (κ2) is 7.79. The molecule has 20 heavy (non-hydrogen) atoms. The van der Waals surface area contributed by atoms with Crippen molar-refractivity contribution in [1.82, 2.24) is 4.90 Å². The predicted molar refractivity (Wildman–Crippen MR) is 90.2 cm³/mol. The SMILES string of the molecule is CN(C1CCCCCC1)C(CN)c1ccc(Cl)cc1Br. The summed E-state index contributed by atoms with van der Waals surface area (Å²) in [6.07, 6.45) is 8.02. The van der Waals surface area contributed by atoms with Crippen LogP contribution in [0.4, 0.5) is 0 Å². The van der Waals surface area contributed by atoms with E-state index in [1.165, 1.54) is 44.1 Å². The van der Waals surface area contributed by atoms with Gasteiger partial charge in [-0.1, -0.05) is 59.3 Å². The smallest absolute Gasteiger partial charge is 0.0481 e. The van der Waals surface area contributed by atoms with Crippen LogP contribution < -0.4 is 5.73 Å². The Morgan fingerprint density at radius 1 is 1.30 bits per heavy atom. The van der Waals surface area contributed by atoms with E-state index in [4.69, 9.17) is 17.3 Å². The molecule has 1 saturated carbocycles. The standard InChI is InChI=1S/C16H24BrClN2/c1-20(13-6-4-2-3-5-7-13)16(11-19)14-9-8-12(18)10-15(14)17/h8-10,13,16H,2-7,11,19H2,1H3. The normalized spacial score (nSPS) is 19.1. The molecule has 4 heteroatoms. The summed E-state index contributed by atoms with van der Waals surface area (Å²) in [6.45, 7) is 0.632. The van der Waals surface area contributed by atoms with E-state index in [-0.39, 0.29) is 6.04 Å². The summed E-state index contributed by atoms with van der Waals surface area (Å²) in [7, 11) is 2.22. The van der Waals surface area contributed by atoms with Gasteiger partial charge in [0.2, 0.25) is 0 Å². The highest BCUT2D eigenvalue weighted by molar-refractivity contribution is 9.10. The molecule has 0 bridgehead atoms. The lowest BCUT2D eigenvalue weighted by Crippen LogP contribution is -2.38. The lowest BCUT2D eigenvalue weighted by atomic mass is 10.0. The average molecular weight is 360 g/mol.